The number of hydrogen-bond acceptors (Lipinski definition) is 8. The lowest BCUT2D eigenvalue weighted by molar-refractivity contribution is 0.0951. The molecule has 0 spiro atoms. The molecule has 1 aliphatic rings. The van der Waals surface area contributed by atoms with Crippen molar-refractivity contribution in [1.29, 1.82) is 0 Å². The van der Waals surface area contributed by atoms with Crippen molar-refractivity contribution in [2.24, 2.45) is 0 Å². The fourth-order valence-electron chi connectivity index (χ4n) is 5.51. The zero-order valence-electron chi connectivity index (χ0n) is 22.9. The van der Waals surface area contributed by atoms with Gasteiger partial charge in [-0.3, -0.25) is 24.0 Å². The molecule has 0 radical (unpaired) electrons. The van der Waals surface area contributed by atoms with Crippen LogP contribution in [-0.2, 0) is 6.42 Å². The van der Waals surface area contributed by atoms with Gasteiger partial charge in [0, 0.05) is 53.6 Å². The molecule has 212 valence electrons. The first-order valence-electron chi connectivity index (χ1n) is 13.6. The molecule has 1 N–H and O–H groups in total. The highest BCUT2D eigenvalue weighted by Crippen LogP contribution is 2.35. The Balaban J connectivity index is 1.41. The molecule has 5 aromatic rings. The lowest BCUT2D eigenvalue weighted by atomic mass is 10.1. The average molecular weight is 592 g/mol. The van der Waals surface area contributed by atoms with E-state index in [1.807, 2.05) is 22.6 Å². The van der Waals surface area contributed by atoms with Crippen LogP contribution in [0.3, 0.4) is 0 Å². The van der Waals surface area contributed by atoms with Crippen LogP contribution in [0, 0.1) is 5.82 Å². The number of thioether (sulfide) groups is 1. The van der Waals surface area contributed by atoms with Crippen molar-refractivity contribution in [2.45, 2.75) is 36.6 Å². The number of carbonyl (C=O) groups is 1. The molecule has 1 amide bonds. The van der Waals surface area contributed by atoms with Gasteiger partial charge in [0.1, 0.15) is 22.0 Å². The number of nitrogens with one attached hydrogen (secondary N) is 1. The summed E-state index contributed by atoms with van der Waals surface area (Å²) in [6, 6.07) is 9.05. The second-order valence-electron chi connectivity index (χ2n) is 10.2. The molecule has 4 heterocycles. The summed E-state index contributed by atoms with van der Waals surface area (Å²) in [7, 11) is 3.70. The van der Waals surface area contributed by atoms with E-state index < -0.39 is 17.2 Å². The number of rotatable bonds is 9. The summed E-state index contributed by atoms with van der Waals surface area (Å²) >= 11 is 2.72. The summed E-state index contributed by atoms with van der Waals surface area (Å²) in [4.78, 5) is 39.0. The van der Waals surface area contributed by atoms with Crippen LogP contribution in [0.5, 0.6) is 5.75 Å². The van der Waals surface area contributed by atoms with E-state index in [2.05, 4.69) is 27.2 Å². The van der Waals surface area contributed by atoms with E-state index in [1.165, 1.54) is 29.2 Å². The predicted molar refractivity (Wildman–Crippen MR) is 162 cm³/mol. The summed E-state index contributed by atoms with van der Waals surface area (Å²) < 4.78 is 23.6. The van der Waals surface area contributed by atoms with Crippen LogP contribution >= 0.6 is 23.1 Å². The van der Waals surface area contributed by atoms with E-state index in [1.54, 1.807) is 31.8 Å². The maximum Gasteiger partial charge on any atom is 0.258 e. The molecule has 6 rings (SSSR count). The molecule has 0 saturated carbocycles. The average Bonchev–Trinajstić information content (AvgIpc) is 3.56. The van der Waals surface area contributed by atoms with Crippen LogP contribution < -0.4 is 15.5 Å². The van der Waals surface area contributed by atoms with Crippen molar-refractivity contribution in [3.8, 4) is 5.75 Å². The summed E-state index contributed by atoms with van der Waals surface area (Å²) in [6.07, 6.45) is 8.65. The van der Waals surface area contributed by atoms with E-state index in [9.17, 15) is 9.59 Å². The summed E-state index contributed by atoms with van der Waals surface area (Å²) in [5.41, 5.74) is 1.78. The number of likely N-dealkylation sites (tertiary alicyclic amines) is 1. The van der Waals surface area contributed by atoms with Gasteiger partial charge in [0.15, 0.2) is 0 Å². The minimum absolute atomic E-state index is 0.0416. The zero-order chi connectivity index (χ0) is 28.5. The Morgan fingerprint density at radius 3 is 2.88 bits per heavy atom. The van der Waals surface area contributed by atoms with E-state index in [-0.39, 0.29) is 10.9 Å². The Morgan fingerprint density at radius 2 is 2.12 bits per heavy atom. The molecule has 0 bridgehead atoms. The van der Waals surface area contributed by atoms with Crippen LogP contribution in [0.25, 0.3) is 25.9 Å². The number of aryl methyl sites for hydroxylation is 1. The molecule has 1 aliphatic heterocycles. The van der Waals surface area contributed by atoms with Gasteiger partial charge in [-0.25, -0.2) is 4.39 Å². The first-order valence-corrected chi connectivity index (χ1v) is 15.4. The second-order valence-corrected chi connectivity index (χ2v) is 12.4. The highest BCUT2D eigenvalue weighted by Gasteiger charge is 2.25. The summed E-state index contributed by atoms with van der Waals surface area (Å²) in [5.74, 6) is 0.346. The number of benzene rings is 2. The van der Waals surface area contributed by atoms with Gasteiger partial charge in [-0.2, -0.15) is 0 Å². The van der Waals surface area contributed by atoms with Crippen molar-refractivity contribution in [3.05, 3.63) is 76.2 Å². The molecule has 1 saturated heterocycles. The van der Waals surface area contributed by atoms with E-state index in [4.69, 9.17) is 4.74 Å². The monoisotopic (exact) mass is 591 g/mol. The Morgan fingerprint density at radius 1 is 1.24 bits per heavy atom. The molecule has 3 aromatic heterocycles. The number of aromatic nitrogens is 3. The van der Waals surface area contributed by atoms with Crippen molar-refractivity contribution in [1.82, 2.24) is 24.6 Å². The van der Waals surface area contributed by atoms with Gasteiger partial charge in [-0.1, -0.05) is 0 Å². The van der Waals surface area contributed by atoms with Crippen molar-refractivity contribution < 1.29 is 13.9 Å². The second kappa shape index (κ2) is 11.8. The lowest BCUT2D eigenvalue weighted by Gasteiger charge is -2.19. The number of ether oxygens (including phenoxy) is 1. The van der Waals surface area contributed by atoms with Gasteiger partial charge >= 0.3 is 0 Å². The molecule has 8 nitrogen and oxygen atoms in total. The van der Waals surface area contributed by atoms with Gasteiger partial charge in [0.25, 0.3) is 5.91 Å². The van der Waals surface area contributed by atoms with Gasteiger partial charge in [-0.05, 0) is 63.2 Å². The third-order valence-corrected chi connectivity index (χ3v) is 9.85. The van der Waals surface area contributed by atoms with Gasteiger partial charge < -0.3 is 15.0 Å². The minimum atomic E-state index is -0.490. The standard InChI is InChI=1S/C30H30FN5O3S2/c1-35-12-3-4-19(35)7-9-34-29(38)27-28(37)21-15-22(31)25(40-13-8-18-17-32-10-11-33-18)16-24(21)36-23-6-5-20(39-2)14-26(23)41-30(27)36/h5-6,10-11,14-17,19H,3-4,7-9,12-13H2,1-2H3,(H,34,38). The topological polar surface area (TPSA) is 88.8 Å². The Bertz CT molecular complexity index is 1810. The lowest BCUT2D eigenvalue weighted by Crippen LogP contribution is -2.34. The van der Waals surface area contributed by atoms with Gasteiger partial charge in [-0.15, -0.1) is 23.1 Å². The maximum atomic E-state index is 15.4. The Labute approximate surface area is 244 Å². The third kappa shape index (κ3) is 5.41. The van der Waals surface area contributed by atoms with Crippen LogP contribution in [0.4, 0.5) is 4.39 Å². The quantitative estimate of drug-likeness (QED) is 0.237. The molecular weight excluding hydrogens is 561 g/mol. The van der Waals surface area contributed by atoms with Crippen molar-refractivity contribution >= 4 is 55.0 Å². The molecule has 2 aromatic carbocycles. The zero-order valence-corrected chi connectivity index (χ0v) is 24.5. The van der Waals surface area contributed by atoms with Gasteiger partial charge in [0.05, 0.1) is 28.5 Å². The number of halogens is 1. The highest BCUT2D eigenvalue weighted by atomic mass is 32.2. The van der Waals surface area contributed by atoms with Gasteiger partial charge in [0.2, 0.25) is 5.43 Å². The van der Waals surface area contributed by atoms with Crippen LogP contribution in [0.1, 0.15) is 35.3 Å². The molecule has 41 heavy (non-hydrogen) atoms. The number of amides is 1. The smallest absolute Gasteiger partial charge is 0.258 e. The summed E-state index contributed by atoms with van der Waals surface area (Å²) in [6.45, 7) is 1.52. The first kappa shape index (κ1) is 27.6. The normalized spacial score (nSPS) is 15.7. The van der Waals surface area contributed by atoms with Crippen LogP contribution in [0.2, 0.25) is 0 Å². The number of thiazole rings is 1. The number of nitrogens with zero attached hydrogens (tertiary/aromatic N) is 4. The molecule has 1 atom stereocenters. The fraction of sp³-hybridized carbons (Fsp3) is 0.333. The highest BCUT2D eigenvalue weighted by molar-refractivity contribution is 7.99. The SMILES string of the molecule is COc1ccc2c(c1)sc1c(C(=O)NCCC3CCCN3C)c(=O)c3cc(F)c(SCCc4cnccn4)cc3n12. The number of carbonyl (C=O) groups excluding carboxylic acids is 1. The van der Waals surface area contributed by atoms with E-state index in [0.717, 1.165) is 41.7 Å². The molecule has 1 fully saturated rings. The molecule has 1 unspecified atom stereocenters. The predicted octanol–water partition coefficient (Wildman–Crippen LogP) is 5.15. The molecule has 11 heteroatoms. The molecule has 0 aliphatic carbocycles. The third-order valence-electron chi connectivity index (χ3n) is 7.69. The number of pyridine rings is 1. The maximum absolute atomic E-state index is 15.4. The first-order chi connectivity index (χ1) is 19.9. The van der Waals surface area contributed by atoms with Crippen molar-refractivity contribution in [3.63, 3.8) is 0 Å². The largest absolute Gasteiger partial charge is 0.497 e. The number of hydrogen-bond donors (Lipinski definition) is 1. The number of methoxy groups -OCH3 is 1. The van der Waals surface area contributed by atoms with Crippen molar-refractivity contribution in [2.75, 3.05) is 33.0 Å². The van der Waals surface area contributed by atoms with Crippen LogP contribution in [0.15, 0.2) is 58.6 Å². The minimum Gasteiger partial charge on any atom is -0.497 e. The van der Waals surface area contributed by atoms with Crippen LogP contribution in [-0.4, -0.2) is 64.2 Å². The number of fused-ring (bicyclic) bond motifs is 5. The van der Waals surface area contributed by atoms with E-state index in [0.29, 0.717) is 45.8 Å². The van der Waals surface area contributed by atoms with E-state index >= 15 is 4.39 Å². The fourth-order valence-corrected chi connectivity index (χ4v) is 7.66. The summed E-state index contributed by atoms with van der Waals surface area (Å²) in [5, 5.41) is 3.15. The Kier molecular flexibility index (Phi) is 7.92. The Hall–Kier alpha value is -3.54. The molecular formula is C30H30FN5O3S2.